The summed E-state index contributed by atoms with van der Waals surface area (Å²) < 4.78 is 0. The topological polar surface area (TPSA) is 114 Å². The first-order valence-corrected chi connectivity index (χ1v) is 5.30. The Bertz CT molecular complexity index is 373. The zero-order valence-electron chi connectivity index (χ0n) is 9.48. The molecule has 1 saturated heterocycles. The fourth-order valence-corrected chi connectivity index (χ4v) is 1.55. The number of nitriles is 1. The number of nitrogens with one attached hydrogen (secondary N) is 1. The standard InChI is InChI=1S/C10H15N5O2/c11-3-1-4-14-6-10(17)15(7-9(14)16)5-2-8(12)13/h1-2,4-7H2,(H3,12,13). The summed E-state index contributed by atoms with van der Waals surface area (Å²) in [5.41, 5.74) is 5.20. The van der Waals surface area contributed by atoms with E-state index >= 15 is 0 Å². The van der Waals surface area contributed by atoms with Gasteiger partial charge in [0.2, 0.25) is 11.8 Å². The maximum Gasteiger partial charge on any atom is 0.242 e. The fourth-order valence-electron chi connectivity index (χ4n) is 1.55. The molecule has 1 aliphatic heterocycles. The molecule has 92 valence electrons. The first-order valence-electron chi connectivity index (χ1n) is 5.30. The van der Waals surface area contributed by atoms with Crippen LogP contribution in [0.25, 0.3) is 0 Å². The van der Waals surface area contributed by atoms with E-state index in [-0.39, 0.29) is 43.6 Å². The third kappa shape index (κ3) is 3.75. The highest BCUT2D eigenvalue weighted by molar-refractivity contribution is 5.92. The number of hydrogen-bond donors (Lipinski definition) is 2. The van der Waals surface area contributed by atoms with Crippen LogP contribution in [0.2, 0.25) is 0 Å². The molecule has 1 fully saturated rings. The van der Waals surface area contributed by atoms with Gasteiger partial charge in [-0.2, -0.15) is 5.26 Å². The van der Waals surface area contributed by atoms with Crippen molar-refractivity contribution >= 4 is 17.6 Å². The van der Waals surface area contributed by atoms with Gasteiger partial charge in [-0.05, 0) is 0 Å². The maximum atomic E-state index is 11.7. The number of amidine groups is 1. The second kappa shape index (κ2) is 5.84. The summed E-state index contributed by atoms with van der Waals surface area (Å²) in [7, 11) is 0. The summed E-state index contributed by atoms with van der Waals surface area (Å²) in [6.45, 7) is 0.615. The van der Waals surface area contributed by atoms with Crippen LogP contribution in [-0.4, -0.2) is 53.6 Å². The predicted molar refractivity (Wildman–Crippen MR) is 59.9 cm³/mol. The van der Waals surface area contributed by atoms with Crippen LogP contribution >= 0.6 is 0 Å². The third-order valence-corrected chi connectivity index (χ3v) is 2.50. The van der Waals surface area contributed by atoms with Crippen LogP contribution in [0.3, 0.4) is 0 Å². The summed E-state index contributed by atoms with van der Waals surface area (Å²) >= 11 is 0. The molecule has 17 heavy (non-hydrogen) atoms. The molecular formula is C10H15N5O2. The van der Waals surface area contributed by atoms with Gasteiger partial charge in [-0.3, -0.25) is 15.0 Å². The zero-order chi connectivity index (χ0) is 12.8. The number of amides is 2. The molecule has 0 aliphatic carbocycles. The number of carbonyl (C=O) groups excluding carboxylic acids is 2. The van der Waals surface area contributed by atoms with Crippen molar-refractivity contribution < 1.29 is 9.59 Å². The molecule has 0 aromatic carbocycles. The van der Waals surface area contributed by atoms with E-state index in [2.05, 4.69) is 0 Å². The highest BCUT2D eigenvalue weighted by Crippen LogP contribution is 2.06. The highest BCUT2D eigenvalue weighted by Gasteiger charge is 2.29. The summed E-state index contributed by atoms with van der Waals surface area (Å²) in [6.07, 6.45) is 0.504. The van der Waals surface area contributed by atoms with Crippen molar-refractivity contribution in [2.45, 2.75) is 12.8 Å². The molecule has 1 heterocycles. The van der Waals surface area contributed by atoms with Crippen LogP contribution < -0.4 is 5.73 Å². The molecule has 0 radical (unpaired) electrons. The lowest BCUT2D eigenvalue weighted by molar-refractivity contribution is -0.149. The Labute approximate surface area is 99.3 Å². The zero-order valence-corrected chi connectivity index (χ0v) is 9.48. The number of rotatable bonds is 5. The van der Waals surface area contributed by atoms with E-state index in [1.807, 2.05) is 6.07 Å². The Morgan fingerprint density at radius 2 is 1.82 bits per heavy atom. The van der Waals surface area contributed by atoms with Gasteiger partial charge < -0.3 is 15.5 Å². The van der Waals surface area contributed by atoms with Gasteiger partial charge >= 0.3 is 0 Å². The molecule has 7 nitrogen and oxygen atoms in total. The molecule has 0 saturated carbocycles. The quantitative estimate of drug-likeness (QED) is 0.466. The van der Waals surface area contributed by atoms with Crippen LogP contribution in [0, 0.1) is 16.7 Å². The number of piperazine rings is 1. The van der Waals surface area contributed by atoms with Crippen molar-refractivity contribution in [3.05, 3.63) is 0 Å². The molecule has 0 aromatic heterocycles. The largest absolute Gasteiger partial charge is 0.388 e. The van der Waals surface area contributed by atoms with Crippen LogP contribution in [0.15, 0.2) is 0 Å². The summed E-state index contributed by atoms with van der Waals surface area (Å²) in [5, 5.41) is 15.5. The Morgan fingerprint density at radius 1 is 1.29 bits per heavy atom. The van der Waals surface area contributed by atoms with Crippen molar-refractivity contribution in [3.63, 3.8) is 0 Å². The van der Waals surface area contributed by atoms with Gasteiger partial charge in [0.25, 0.3) is 0 Å². The highest BCUT2D eigenvalue weighted by atomic mass is 16.2. The lowest BCUT2D eigenvalue weighted by Crippen LogP contribution is -2.54. The number of hydrogen-bond acceptors (Lipinski definition) is 4. The summed E-state index contributed by atoms with van der Waals surface area (Å²) in [6, 6.07) is 1.94. The van der Waals surface area contributed by atoms with Gasteiger partial charge in [0, 0.05) is 19.5 Å². The average molecular weight is 237 g/mol. The van der Waals surface area contributed by atoms with Gasteiger partial charge in [-0.1, -0.05) is 0 Å². The van der Waals surface area contributed by atoms with Crippen LogP contribution in [0.1, 0.15) is 12.8 Å². The molecule has 0 bridgehead atoms. The molecular weight excluding hydrogens is 222 g/mol. The first kappa shape index (κ1) is 13.0. The number of nitrogens with zero attached hydrogens (tertiary/aromatic N) is 3. The summed E-state index contributed by atoms with van der Waals surface area (Å²) in [4.78, 5) is 26.1. The van der Waals surface area contributed by atoms with E-state index in [0.29, 0.717) is 13.1 Å². The van der Waals surface area contributed by atoms with Gasteiger partial charge in [0.05, 0.1) is 31.4 Å². The van der Waals surface area contributed by atoms with Crippen LogP contribution in [-0.2, 0) is 9.59 Å². The Kier molecular flexibility index (Phi) is 4.46. The van der Waals surface area contributed by atoms with Gasteiger partial charge in [0.1, 0.15) is 0 Å². The van der Waals surface area contributed by atoms with E-state index in [9.17, 15) is 9.59 Å². The fraction of sp³-hybridized carbons (Fsp3) is 0.600. The molecule has 2 amide bonds. The molecule has 0 atom stereocenters. The SMILES string of the molecule is N#CCCN1CC(=O)N(CCC(=N)N)CC1=O. The lowest BCUT2D eigenvalue weighted by atomic mass is 10.2. The van der Waals surface area contributed by atoms with E-state index in [0.717, 1.165) is 0 Å². The van der Waals surface area contributed by atoms with Crippen molar-refractivity contribution in [2.75, 3.05) is 26.2 Å². The monoisotopic (exact) mass is 237 g/mol. The van der Waals surface area contributed by atoms with Crippen molar-refractivity contribution in [1.82, 2.24) is 9.80 Å². The molecule has 1 rings (SSSR count). The van der Waals surface area contributed by atoms with Crippen LogP contribution in [0.5, 0.6) is 0 Å². The number of carbonyl (C=O) groups is 2. The van der Waals surface area contributed by atoms with Gasteiger partial charge in [0.15, 0.2) is 0 Å². The second-order valence-corrected chi connectivity index (χ2v) is 3.81. The Balaban J connectivity index is 2.49. The maximum absolute atomic E-state index is 11.7. The van der Waals surface area contributed by atoms with Gasteiger partial charge in [-0.15, -0.1) is 0 Å². The Hall–Kier alpha value is -2.10. The minimum absolute atomic E-state index is 0.00263. The van der Waals surface area contributed by atoms with E-state index in [1.54, 1.807) is 0 Å². The summed E-state index contributed by atoms with van der Waals surface area (Å²) in [5.74, 6) is -0.329. The smallest absolute Gasteiger partial charge is 0.242 e. The normalized spacial score (nSPS) is 15.9. The predicted octanol–water partition coefficient (Wildman–Crippen LogP) is -1.10. The van der Waals surface area contributed by atoms with Crippen LogP contribution in [0.4, 0.5) is 0 Å². The van der Waals surface area contributed by atoms with Gasteiger partial charge in [-0.25, -0.2) is 0 Å². The Morgan fingerprint density at radius 3 is 2.29 bits per heavy atom. The molecule has 3 N–H and O–H groups in total. The minimum atomic E-state index is -0.164. The number of nitrogens with two attached hydrogens (primary N) is 1. The van der Waals surface area contributed by atoms with Crippen molar-refractivity contribution in [2.24, 2.45) is 5.73 Å². The average Bonchev–Trinajstić information content (AvgIpc) is 2.27. The molecule has 7 heteroatoms. The van der Waals surface area contributed by atoms with E-state index < -0.39 is 0 Å². The van der Waals surface area contributed by atoms with Crippen molar-refractivity contribution in [1.29, 1.82) is 10.7 Å². The molecule has 1 aliphatic rings. The molecule has 0 spiro atoms. The molecule has 0 aromatic rings. The minimum Gasteiger partial charge on any atom is -0.388 e. The third-order valence-electron chi connectivity index (χ3n) is 2.50. The first-order chi connectivity index (χ1) is 8.04. The second-order valence-electron chi connectivity index (χ2n) is 3.81. The molecule has 0 unspecified atom stereocenters. The lowest BCUT2D eigenvalue weighted by Gasteiger charge is -2.33. The van der Waals surface area contributed by atoms with E-state index in [4.69, 9.17) is 16.4 Å². The van der Waals surface area contributed by atoms with E-state index in [1.165, 1.54) is 9.80 Å². The van der Waals surface area contributed by atoms with Crippen molar-refractivity contribution in [3.8, 4) is 6.07 Å².